The largest absolute Gasteiger partial charge is 0.490 e. The minimum atomic E-state index is -0.521. The van der Waals surface area contributed by atoms with Gasteiger partial charge in [0.25, 0.3) is 0 Å². The van der Waals surface area contributed by atoms with Crippen molar-refractivity contribution in [3.63, 3.8) is 0 Å². The molecule has 0 aliphatic heterocycles. The third-order valence-electron chi connectivity index (χ3n) is 5.64. The monoisotopic (exact) mass is 415 g/mol. The molecule has 1 fully saturated rings. The van der Waals surface area contributed by atoms with Gasteiger partial charge in [0.2, 0.25) is 5.91 Å². The first-order chi connectivity index (χ1) is 15.1. The van der Waals surface area contributed by atoms with E-state index in [1.807, 2.05) is 60.7 Å². The smallest absolute Gasteiger partial charge is 0.311 e. The number of rotatable bonds is 7. The van der Waals surface area contributed by atoms with Crippen molar-refractivity contribution >= 4 is 17.8 Å². The van der Waals surface area contributed by atoms with Crippen molar-refractivity contribution < 1.29 is 14.5 Å². The molecule has 7 heteroatoms. The van der Waals surface area contributed by atoms with Gasteiger partial charge in [-0.25, -0.2) is 5.43 Å². The molecule has 1 atom stereocenters. The topological polar surface area (TPSA) is 93.8 Å². The summed E-state index contributed by atoms with van der Waals surface area (Å²) >= 11 is 0. The number of nitrogens with zero attached hydrogens (tertiary/aromatic N) is 2. The third-order valence-corrected chi connectivity index (χ3v) is 5.64. The van der Waals surface area contributed by atoms with Gasteiger partial charge in [-0.3, -0.25) is 14.9 Å². The maximum absolute atomic E-state index is 12.9. The minimum Gasteiger partial charge on any atom is -0.490 e. The quantitative estimate of drug-likeness (QED) is 0.358. The molecule has 156 valence electrons. The van der Waals surface area contributed by atoms with E-state index in [-0.39, 0.29) is 28.7 Å². The lowest BCUT2D eigenvalue weighted by Crippen LogP contribution is -2.25. The maximum Gasteiger partial charge on any atom is 0.311 e. The van der Waals surface area contributed by atoms with Crippen LogP contribution in [0.15, 0.2) is 84.0 Å². The summed E-state index contributed by atoms with van der Waals surface area (Å²) in [5.41, 5.74) is 4.73. The van der Waals surface area contributed by atoms with Crippen LogP contribution in [0.1, 0.15) is 23.1 Å². The molecule has 1 aliphatic carbocycles. The Morgan fingerprint density at radius 2 is 1.71 bits per heavy atom. The molecule has 0 bridgehead atoms. The van der Waals surface area contributed by atoms with Gasteiger partial charge >= 0.3 is 5.69 Å². The standard InChI is InChI=1S/C24H21N3O4/c1-31-22-13-12-17(14-21(22)27(29)30)16-25-26-23(28)20-15-24(20,18-8-4-2-5-9-18)19-10-6-3-7-11-19/h2-14,16,20H,15H2,1H3,(H,26,28)/b25-16-/t20-/m1/s1. The van der Waals surface area contributed by atoms with E-state index in [4.69, 9.17) is 4.74 Å². The van der Waals surface area contributed by atoms with Gasteiger partial charge in [-0.1, -0.05) is 60.7 Å². The van der Waals surface area contributed by atoms with Crippen LogP contribution in [0, 0.1) is 16.0 Å². The predicted octanol–water partition coefficient (Wildman–Crippen LogP) is 4.06. The number of carbonyl (C=O) groups excluding carboxylic acids is 1. The molecule has 7 nitrogen and oxygen atoms in total. The van der Waals surface area contributed by atoms with Crippen molar-refractivity contribution in [2.24, 2.45) is 11.0 Å². The Bertz CT molecular complexity index is 1090. The molecule has 0 spiro atoms. The second-order valence-corrected chi connectivity index (χ2v) is 7.38. The van der Waals surface area contributed by atoms with E-state index >= 15 is 0 Å². The lowest BCUT2D eigenvalue weighted by Gasteiger charge is -2.18. The summed E-state index contributed by atoms with van der Waals surface area (Å²) in [6, 6.07) is 24.5. The van der Waals surface area contributed by atoms with E-state index in [9.17, 15) is 14.9 Å². The number of nitro benzene ring substituents is 1. The zero-order valence-electron chi connectivity index (χ0n) is 16.9. The number of hydrazone groups is 1. The fourth-order valence-corrected chi connectivity index (χ4v) is 4.03. The second-order valence-electron chi connectivity index (χ2n) is 7.38. The molecule has 4 rings (SSSR count). The number of amides is 1. The SMILES string of the molecule is COc1ccc(/C=N\NC(=O)[C@H]2CC2(c2ccccc2)c2ccccc2)cc1[N+](=O)[O-]. The maximum atomic E-state index is 12.9. The van der Waals surface area contributed by atoms with Crippen LogP contribution < -0.4 is 10.2 Å². The minimum absolute atomic E-state index is 0.160. The van der Waals surface area contributed by atoms with Gasteiger partial charge in [-0.2, -0.15) is 5.10 Å². The van der Waals surface area contributed by atoms with Crippen molar-refractivity contribution in [2.75, 3.05) is 7.11 Å². The van der Waals surface area contributed by atoms with Crippen molar-refractivity contribution in [2.45, 2.75) is 11.8 Å². The van der Waals surface area contributed by atoms with Crippen LogP contribution in [0.3, 0.4) is 0 Å². The van der Waals surface area contributed by atoms with E-state index in [1.165, 1.54) is 25.5 Å². The highest BCUT2D eigenvalue weighted by Crippen LogP contribution is 2.58. The molecule has 0 saturated heterocycles. The van der Waals surface area contributed by atoms with E-state index in [0.717, 1.165) is 11.1 Å². The first-order valence-corrected chi connectivity index (χ1v) is 9.82. The Morgan fingerprint density at radius 3 is 2.26 bits per heavy atom. The lowest BCUT2D eigenvalue weighted by molar-refractivity contribution is -0.385. The van der Waals surface area contributed by atoms with Crippen molar-refractivity contribution in [1.29, 1.82) is 0 Å². The molecular weight excluding hydrogens is 394 g/mol. The van der Waals surface area contributed by atoms with Gasteiger partial charge in [-0.15, -0.1) is 0 Å². The van der Waals surface area contributed by atoms with Gasteiger partial charge in [0.05, 0.1) is 24.2 Å². The highest BCUT2D eigenvalue weighted by atomic mass is 16.6. The van der Waals surface area contributed by atoms with Crippen LogP contribution >= 0.6 is 0 Å². The molecule has 3 aromatic rings. The Hall–Kier alpha value is -4.00. The number of nitrogens with one attached hydrogen (secondary N) is 1. The number of hydrogen-bond acceptors (Lipinski definition) is 5. The van der Waals surface area contributed by atoms with E-state index in [2.05, 4.69) is 10.5 Å². The van der Waals surface area contributed by atoms with Gasteiger partial charge in [0.15, 0.2) is 5.75 Å². The summed E-state index contributed by atoms with van der Waals surface area (Å²) < 4.78 is 5.00. The van der Waals surface area contributed by atoms with Crippen LogP contribution in [-0.2, 0) is 10.2 Å². The average molecular weight is 415 g/mol. The Balaban J connectivity index is 1.52. The third kappa shape index (κ3) is 3.90. The van der Waals surface area contributed by atoms with Crippen molar-refractivity contribution in [1.82, 2.24) is 5.43 Å². The number of nitro groups is 1. The highest BCUT2D eigenvalue weighted by molar-refractivity contribution is 5.88. The van der Waals surface area contributed by atoms with Gasteiger partial charge in [0.1, 0.15) is 0 Å². The van der Waals surface area contributed by atoms with Gasteiger partial charge < -0.3 is 4.74 Å². The molecule has 1 amide bonds. The number of hydrogen-bond donors (Lipinski definition) is 1. The number of benzene rings is 3. The molecule has 3 aromatic carbocycles. The Kier molecular flexibility index (Phi) is 5.49. The highest BCUT2D eigenvalue weighted by Gasteiger charge is 2.60. The molecule has 31 heavy (non-hydrogen) atoms. The average Bonchev–Trinajstić information content (AvgIpc) is 3.57. The summed E-state index contributed by atoms with van der Waals surface area (Å²) in [6.45, 7) is 0. The summed E-state index contributed by atoms with van der Waals surface area (Å²) in [5.74, 6) is -0.272. The number of carbonyl (C=O) groups is 1. The first kappa shape index (κ1) is 20.3. The molecule has 0 aromatic heterocycles. The molecule has 0 unspecified atom stereocenters. The molecule has 1 aliphatic rings. The summed E-state index contributed by atoms with van der Waals surface area (Å²) in [5, 5.41) is 15.2. The number of ether oxygens (including phenoxy) is 1. The lowest BCUT2D eigenvalue weighted by atomic mass is 9.85. The van der Waals surface area contributed by atoms with Crippen LogP contribution in [-0.4, -0.2) is 24.2 Å². The van der Waals surface area contributed by atoms with Crippen molar-refractivity contribution in [3.05, 3.63) is 106 Å². The normalized spacial score (nSPS) is 16.6. The Morgan fingerprint density at radius 1 is 1.10 bits per heavy atom. The molecule has 0 radical (unpaired) electrons. The fourth-order valence-electron chi connectivity index (χ4n) is 4.03. The van der Waals surface area contributed by atoms with Crippen molar-refractivity contribution in [3.8, 4) is 5.75 Å². The Labute approximate surface area is 179 Å². The van der Waals surface area contributed by atoms with E-state index in [0.29, 0.717) is 12.0 Å². The van der Waals surface area contributed by atoms with E-state index < -0.39 is 4.92 Å². The zero-order chi connectivity index (χ0) is 21.8. The van der Waals surface area contributed by atoms with Crippen LogP contribution in [0.25, 0.3) is 0 Å². The van der Waals surface area contributed by atoms with Crippen LogP contribution in [0.5, 0.6) is 5.75 Å². The first-order valence-electron chi connectivity index (χ1n) is 9.82. The molecule has 1 saturated carbocycles. The van der Waals surface area contributed by atoms with Gasteiger partial charge in [0, 0.05) is 17.0 Å². The fraction of sp³-hybridized carbons (Fsp3) is 0.167. The second kappa shape index (κ2) is 8.39. The summed E-state index contributed by atoms with van der Waals surface area (Å²) in [6.07, 6.45) is 2.08. The molecule has 1 N–H and O–H groups in total. The summed E-state index contributed by atoms with van der Waals surface area (Å²) in [4.78, 5) is 23.5. The van der Waals surface area contributed by atoms with Crippen LogP contribution in [0.2, 0.25) is 0 Å². The van der Waals surface area contributed by atoms with Gasteiger partial charge in [-0.05, 0) is 29.7 Å². The predicted molar refractivity (Wildman–Crippen MR) is 117 cm³/mol. The van der Waals surface area contributed by atoms with E-state index in [1.54, 1.807) is 6.07 Å². The summed E-state index contributed by atoms with van der Waals surface area (Å²) in [7, 11) is 1.37. The molecular formula is C24H21N3O4. The zero-order valence-corrected chi connectivity index (χ0v) is 16.9. The molecule has 0 heterocycles. The number of methoxy groups -OCH3 is 1. The van der Waals surface area contributed by atoms with Crippen LogP contribution in [0.4, 0.5) is 5.69 Å².